The molecule has 0 spiro atoms. The summed E-state index contributed by atoms with van der Waals surface area (Å²) in [6.45, 7) is 5.83. The van der Waals surface area contributed by atoms with Gasteiger partial charge in [0.1, 0.15) is 18.2 Å². The molecule has 2 N–H and O–H groups in total. The number of fused-ring (bicyclic) bond motifs is 1. The maximum Gasteiger partial charge on any atom is 0.471 e. The molecule has 3 heterocycles. The van der Waals surface area contributed by atoms with Crippen molar-refractivity contribution >= 4 is 34.7 Å². The van der Waals surface area contributed by atoms with Gasteiger partial charge in [0.25, 0.3) is 0 Å². The number of aromatic amines is 2. The number of alkyl halides is 3. The highest BCUT2D eigenvalue weighted by Gasteiger charge is 2.48. The molecule has 1 aliphatic rings. The number of ether oxygens (including phenoxy) is 1. The summed E-state index contributed by atoms with van der Waals surface area (Å²) in [6.07, 6.45) is -3.71. The van der Waals surface area contributed by atoms with Crippen LogP contribution in [0.2, 0.25) is 0 Å². The minimum atomic E-state index is -5.06. The SMILES string of the molecule is CCCN1CCC(c2nc(=S)[nH][nH]2)C(N(C(=O)C(F)(F)F)c2ccc(OCc3cc(C)nc4ccccc34)cc2)C1. The van der Waals surface area contributed by atoms with Crippen LogP contribution in [0.4, 0.5) is 18.9 Å². The first kappa shape index (κ1) is 28.7. The van der Waals surface area contributed by atoms with Gasteiger partial charge in [-0.2, -0.15) is 13.2 Å². The summed E-state index contributed by atoms with van der Waals surface area (Å²) in [5.41, 5.74) is 2.80. The molecule has 12 heteroatoms. The Labute approximate surface area is 240 Å². The molecule has 2 atom stereocenters. The van der Waals surface area contributed by atoms with Crippen LogP contribution in [-0.2, 0) is 11.4 Å². The number of pyridine rings is 1. The van der Waals surface area contributed by atoms with Gasteiger partial charge in [0.05, 0.1) is 11.6 Å². The average Bonchev–Trinajstić information content (AvgIpc) is 3.38. The first-order chi connectivity index (χ1) is 19.6. The normalized spacial score (nSPS) is 18.0. The number of para-hydroxylation sites is 1. The molecule has 0 radical (unpaired) electrons. The van der Waals surface area contributed by atoms with Crippen LogP contribution in [-0.4, -0.2) is 62.8 Å². The Morgan fingerprint density at radius 1 is 1.15 bits per heavy atom. The van der Waals surface area contributed by atoms with Crippen molar-refractivity contribution in [1.29, 1.82) is 0 Å². The van der Waals surface area contributed by atoms with Crippen molar-refractivity contribution in [2.24, 2.45) is 0 Å². The van der Waals surface area contributed by atoms with Crippen LogP contribution in [0.3, 0.4) is 0 Å². The van der Waals surface area contributed by atoms with Gasteiger partial charge in [0.15, 0.2) is 0 Å². The summed E-state index contributed by atoms with van der Waals surface area (Å²) in [6, 6.07) is 15.1. The number of aryl methyl sites for hydroxylation is 1. The molecule has 1 saturated heterocycles. The predicted octanol–water partition coefficient (Wildman–Crippen LogP) is 6.07. The monoisotopic (exact) mass is 584 g/mol. The number of halogens is 3. The molecular formula is C29H31F3N6O2S. The minimum Gasteiger partial charge on any atom is -0.489 e. The summed E-state index contributed by atoms with van der Waals surface area (Å²) >= 11 is 5.10. The van der Waals surface area contributed by atoms with E-state index < -0.39 is 24.0 Å². The van der Waals surface area contributed by atoms with E-state index in [-0.39, 0.29) is 23.6 Å². The number of anilines is 1. The number of hydrogen-bond acceptors (Lipinski definition) is 6. The largest absolute Gasteiger partial charge is 0.489 e. The van der Waals surface area contributed by atoms with Crippen LogP contribution in [0.15, 0.2) is 54.6 Å². The zero-order valence-corrected chi connectivity index (χ0v) is 23.6. The van der Waals surface area contributed by atoms with E-state index in [1.54, 1.807) is 12.1 Å². The molecule has 0 aliphatic carbocycles. The maximum absolute atomic E-state index is 14.0. The third-order valence-corrected chi connectivity index (χ3v) is 7.50. The number of carbonyl (C=O) groups is 1. The molecule has 1 fully saturated rings. The molecule has 5 rings (SSSR count). The molecule has 2 aromatic heterocycles. The maximum atomic E-state index is 14.0. The topological polar surface area (TPSA) is 90.1 Å². The quantitative estimate of drug-likeness (QED) is 0.245. The van der Waals surface area contributed by atoms with E-state index in [0.29, 0.717) is 31.1 Å². The first-order valence-electron chi connectivity index (χ1n) is 13.5. The molecule has 1 amide bonds. The number of benzene rings is 2. The highest BCUT2D eigenvalue weighted by atomic mass is 32.1. The second-order valence-electron chi connectivity index (χ2n) is 10.2. The molecule has 41 heavy (non-hydrogen) atoms. The van der Waals surface area contributed by atoms with Crippen molar-refractivity contribution in [2.75, 3.05) is 24.5 Å². The highest BCUT2D eigenvalue weighted by molar-refractivity contribution is 7.71. The fraction of sp³-hybridized carbons (Fsp3) is 0.379. The van der Waals surface area contributed by atoms with E-state index >= 15 is 0 Å². The number of rotatable bonds is 8. The predicted molar refractivity (Wildman–Crippen MR) is 152 cm³/mol. The Morgan fingerprint density at radius 3 is 2.59 bits per heavy atom. The number of nitrogens with zero attached hydrogens (tertiary/aromatic N) is 4. The second kappa shape index (κ2) is 12.0. The number of likely N-dealkylation sites (tertiary alicyclic amines) is 1. The van der Waals surface area contributed by atoms with Crippen LogP contribution in [0.5, 0.6) is 5.75 Å². The molecule has 0 bridgehead atoms. The second-order valence-corrected chi connectivity index (χ2v) is 10.6. The average molecular weight is 585 g/mol. The summed E-state index contributed by atoms with van der Waals surface area (Å²) in [5, 5.41) is 6.59. The van der Waals surface area contributed by atoms with Crippen LogP contribution in [0.25, 0.3) is 10.9 Å². The number of amides is 1. The Bertz CT molecular complexity index is 1570. The summed E-state index contributed by atoms with van der Waals surface area (Å²) in [4.78, 5) is 24.7. The van der Waals surface area contributed by atoms with Gasteiger partial charge in [-0.3, -0.25) is 24.9 Å². The molecule has 1 aliphatic heterocycles. The van der Waals surface area contributed by atoms with E-state index in [4.69, 9.17) is 17.0 Å². The summed E-state index contributed by atoms with van der Waals surface area (Å²) < 4.78 is 48.2. The number of hydrogen-bond donors (Lipinski definition) is 2. The van der Waals surface area contributed by atoms with Gasteiger partial charge in [-0.25, -0.2) is 4.98 Å². The molecule has 8 nitrogen and oxygen atoms in total. The lowest BCUT2D eigenvalue weighted by Crippen LogP contribution is -2.57. The van der Waals surface area contributed by atoms with Crippen LogP contribution in [0, 0.1) is 11.7 Å². The fourth-order valence-corrected chi connectivity index (χ4v) is 5.68. The summed E-state index contributed by atoms with van der Waals surface area (Å²) in [7, 11) is 0. The fourth-order valence-electron chi connectivity index (χ4n) is 5.53. The van der Waals surface area contributed by atoms with Crippen molar-refractivity contribution in [1.82, 2.24) is 25.1 Å². The lowest BCUT2D eigenvalue weighted by Gasteiger charge is -2.43. The van der Waals surface area contributed by atoms with Crippen LogP contribution < -0.4 is 9.64 Å². The molecule has 2 aromatic carbocycles. The van der Waals surface area contributed by atoms with Gasteiger partial charge in [0.2, 0.25) is 4.77 Å². The van der Waals surface area contributed by atoms with Gasteiger partial charge in [-0.1, -0.05) is 25.1 Å². The van der Waals surface area contributed by atoms with Gasteiger partial charge in [0, 0.05) is 34.8 Å². The lowest BCUT2D eigenvalue weighted by molar-refractivity contribution is -0.171. The number of aromatic nitrogens is 4. The highest BCUT2D eigenvalue weighted by Crippen LogP contribution is 2.36. The van der Waals surface area contributed by atoms with E-state index in [2.05, 4.69) is 25.1 Å². The lowest BCUT2D eigenvalue weighted by atomic mass is 9.88. The molecule has 2 unspecified atom stereocenters. The molecule has 0 saturated carbocycles. The third kappa shape index (κ3) is 6.43. The van der Waals surface area contributed by atoms with E-state index in [1.165, 1.54) is 12.1 Å². The smallest absolute Gasteiger partial charge is 0.471 e. The van der Waals surface area contributed by atoms with Gasteiger partial charge in [-0.15, -0.1) is 0 Å². The van der Waals surface area contributed by atoms with Gasteiger partial charge in [-0.05, 0) is 81.5 Å². The zero-order valence-electron chi connectivity index (χ0n) is 22.7. The third-order valence-electron chi connectivity index (χ3n) is 7.31. The van der Waals surface area contributed by atoms with E-state index in [1.807, 2.05) is 44.2 Å². The molecular weight excluding hydrogens is 553 g/mol. The number of H-pyrrole nitrogens is 2. The van der Waals surface area contributed by atoms with Crippen molar-refractivity contribution < 1.29 is 22.7 Å². The Kier molecular flexibility index (Phi) is 8.41. The first-order valence-corrected chi connectivity index (χ1v) is 13.9. The Morgan fingerprint density at radius 2 is 1.90 bits per heavy atom. The number of piperidine rings is 1. The molecule has 4 aromatic rings. The Hall–Kier alpha value is -3.77. The van der Waals surface area contributed by atoms with Gasteiger partial charge < -0.3 is 9.64 Å². The van der Waals surface area contributed by atoms with E-state index in [9.17, 15) is 18.0 Å². The summed E-state index contributed by atoms with van der Waals surface area (Å²) in [5.74, 6) is -1.49. The zero-order chi connectivity index (χ0) is 29.1. The van der Waals surface area contributed by atoms with Crippen LogP contribution in [0.1, 0.15) is 42.8 Å². The standard InChI is InChI=1S/C29H31F3N6O2S/c1-3-13-37-14-12-23(26-34-28(41)36-35-26)25(16-37)38(27(39)29(30,31)32)20-8-10-21(11-9-20)40-17-19-15-18(2)33-24-7-5-4-6-22(19)24/h4-11,15,23,25H,3,12-14,16-17H2,1-2H3,(H2,34,35,36,41). The number of nitrogens with one attached hydrogen (secondary N) is 2. The Balaban J connectivity index is 1.44. The minimum absolute atomic E-state index is 0.132. The van der Waals surface area contributed by atoms with Crippen molar-refractivity contribution in [3.63, 3.8) is 0 Å². The van der Waals surface area contributed by atoms with E-state index in [0.717, 1.165) is 33.5 Å². The van der Waals surface area contributed by atoms with Crippen molar-refractivity contribution in [3.05, 3.63) is 76.5 Å². The van der Waals surface area contributed by atoms with Gasteiger partial charge >= 0.3 is 12.1 Å². The van der Waals surface area contributed by atoms with Crippen molar-refractivity contribution in [2.45, 2.75) is 51.4 Å². The number of carbonyl (C=O) groups excluding carboxylic acids is 1. The molecule has 216 valence electrons. The van der Waals surface area contributed by atoms with Crippen molar-refractivity contribution in [3.8, 4) is 5.75 Å². The van der Waals surface area contributed by atoms with Crippen LogP contribution >= 0.6 is 12.2 Å².